The summed E-state index contributed by atoms with van der Waals surface area (Å²) in [6, 6.07) is 7.42. The number of carbonyl (C=O) groups is 1. The average Bonchev–Trinajstić information content (AvgIpc) is 2.61. The summed E-state index contributed by atoms with van der Waals surface area (Å²) in [6.07, 6.45) is 1.18. The number of fused-ring (bicyclic) bond motifs is 1. The van der Waals surface area contributed by atoms with Crippen molar-refractivity contribution < 1.29 is 4.79 Å². The van der Waals surface area contributed by atoms with Gasteiger partial charge in [-0.3, -0.25) is 14.2 Å². The lowest BCUT2D eigenvalue weighted by Gasteiger charge is -2.35. The standard InChI is InChI=1S/C21H29N3O2S/c1-14(2)10-24-20(26)17-7-5-6-8-18(17)22-21(24)27-13-19(25)23-11-15(3)9-16(4)12-23/h5-8,14-16H,9-13H2,1-4H3/t15-,16+. The van der Waals surface area contributed by atoms with Gasteiger partial charge in [-0.15, -0.1) is 0 Å². The topological polar surface area (TPSA) is 55.2 Å². The zero-order valence-electron chi connectivity index (χ0n) is 16.6. The lowest BCUT2D eigenvalue weighted by atomic mass is 9.92. The van der Waals surface area contributed by atoms with E-state index in [1.165, 1.54) is 18.2 Å². The molecule has 1 fully saturated rings. The van der Waals surface area contributed by atoms with Crippen LogP contribution in [0.5, 0.6) is 0 Å². The van der Waals surface area contributed by atoms with Crippen LogP contribution in [0.3, 0.4) is 0 Å². The maximum absolute atomic E-state index is 12.9. The average molecular weight is 388 g/mol. The van der Waals surface area contributed by atoms with Crippen LogP contribution in [0.1, 0.15) is 34.1 Å². The maximum atomic E-state index is 12.9. The Morgan fingerprint density at radius 3 is 2.56 bits per heavy atom. The van der Waals surface area contributed by atoms with Gasteiger partial charge in [-0.2, -0.15) is 0 Å². The van der Waals surface area contributed by atoms with Gasteiger partial charge in [-0.05, 0) is 36.3 Å². The molecule has 1 amide bonds. The summed E-state index contributed by atoms with van der Waals surface area (Å²) in [5.41, 5.74) is 0.669. The van der Waals surface area contributed by atoms with E-state index in [0.717, 1.165) is 13.1 Å². The molecule has 0 saturated carbocycles. The highest BCUT2D eigenvalue weighted by Gasteiger charge is 2.25. The van der Waals surface area contributed by atoms with Gasteiger partial charge in [0.25, 0.3) is 5.56 Å². The van der Waals surface area contributed by atoms with Crippen LogP contribution in [0.25, 0.3) is 10.9 Å². The Bertz CT molecular complexity index is 867. The van der Waals surface area contributed by atoms with Crippen molar-refractivity contribution in [1.82, 2.24) is 14.5 Å². The summed E-state index contributed by atoms with van der Waals surface area (Å²) in [5.74, 6) is 1.87. The first-order chi connectivity index (χ1) is 12.8. The van der Waals surface area contributed by atoms with Gasteiger partial charge in [-0.1, -0.05) is 51.6 Å². The van der Waals surface area contributed by atoms with Crippen molar-refractivity contribution in [3.8, 4) is 0 Å². The number of likely N-dealkylation sites (tertiary alicyclic amines) is 1. The van der Waals surface area contributed by atoms with E-state index in [-0.39, 0.29) is 11.5 Å². The molecule has 1 aromatic carbocycles. The molecule has 1 saturated heterocycles. The second-order valence-electron chi connectivity index (χ2n) is 8.25. The minimum atomic E-state index is -0.0236. The Morgan fingerprint density at radius 2 is 1.89 bits per heavy atom. The summed E-state index contributed by atoms with van der Waals surface area (Å²) < 4.78 is 1.73. The Kier molecular flexibility index (Phi) is 6.25. The van der Waals surface area contributed by atoms with Crippen molar-refractivity contribution >= 4 is 28.6 Å². The van der Waals surface area contributed by atoms with Crippen molar-refractivity contribution in [2.45, 2.75) is 45.8 Å². The fourth-order valence-corrected chi connectivity index (χ4v) is 4.78. The smallest absolute Gasteiger partial charge is 0.262 e. The quantitative estimate of drug-likeness (QED) is 0.580. The maximum Gasteiger partial charge on any atom is 0.262 e. The molecule has 0 N–H and O–H groups in total. The number of thioether (sulfide) groups is 1. The van der Waals surface area contributed by atoms with Gasteiger partial charge in [0.2, 0.25) is 5.91 Å². The molecule has 1 aliphatic rings. The van der Waals surface area contributed by atoms with E-state index in [0.29, 0.717) is 46.1 Å². The number of para-hydroxylation sites is 1. The van der Waals surface area contributed by atoms with E-state index < -0.39 is 0 Å². The van der Waals surface area contributed by atoms with Crippen LogP contribution in [-0.2, 0) is 11.3 Å². The van der Waals surface area contributed by atoms with Gasteiger partial charge in [0.1, 0.15) is 0 Å². The van der Waals surface area contributed by atoms with E-state index in [9.17, 15) is 9.59 Å². The zero-order chi connectivity index (χ0) is 19.6. The van der Waals surface area contributed by atoms with Gasteiger partial charge in [-0.25, -0.2) is 4.98 Å². The monoisotopic (exact) mass is 387 g/mol. The Balaban J connectivity index is 1.83. The Hall–Kier alpha value is -1.82. The molecule has 2 atom stereocenters. The lowest BCUT2D eigenvalue weighted by molar-refractivity contribution is -0.130. The molecule has 0 radical (unpaired) electrons. The van der Waals surface area contributed by atoms with Gasteiger partial charge in [0.15, 0.2) is 5.16 Å². The molecule has 1 aliphatic heterocycles. The van der Waals surface area contributed by atoms with E-state index in [4.69, 9.17) is 4.98 Å². The summed E-state index contributed by atoms with van der Waals surface area (Å²) in [6.45, 7) is 10.8. The molecule has 0 aliphatic carbocycles. The van der Waals surface area contributed by atoms with Crippen LogP contribution in [-0.4, -0.2) is 39.2 Å². The van der Waals surface area contributed by atoms with Crippen molar-refractivity contribution in [3.63, 3.8) is 0 Å². The number of piperidine rings is 1. The molecule has 2 heterocycles. The van der Waals surface area contributed by atoms with Crippen molar-refractivity contribution in [2.75, 3.05) is 18.8 Å². The normalized spacial score (nSPS) is 20.4. The predicted octanol–water partition coefficient (Wildman–Crippen LogP) is 3.65. The molecule has 146 valence electrons. The number of rotatable bonds is 5. The molecule has 6 heteroatoms. The highest BCUT2D eigenvalue weighted by Crippen LogP contribution is 2.23. The van der Waals surface area contributed by atoms with Gasteiger partial charge < -0.3 is 4.90 Å². The van der Waals surface area contributed by atoms with E-state index in [2.05, 4.69) is 27.7 Å². The predicted molar refractivity (Wildman–Crippen MR) is 111 cm³/mol. The fraction of sp³-hybridized carbons (Fsp3) is 0.571. The Morgan fingerprint density at radius 1 is 1.22 bits per heavy atom. The van der Waals surface area contributed by atoms with Crippen LogP contribution < -0.4 is 5.56 Å². The SMILES string of the molecule is CC(C)Cn1c(SCC(=O)N2C[C@H](C)C[C@H](C)C2)nc2ccccc2c1=O. The zero-order valence-corrected chi connectivity index (χ0v) is 17.5. The van der Waals surface area contributed by atoms with Crippen molar-refractivity contribution in [3.05, 3.63) is 34.6 Å². The van der Waals surface area contributed by atoms with Gasteiger partial charge in [0, 0.05) is 19.6 Å². The Labute approximate surface area is 165 Å². The molecule has 3 rings (SSSR count). The second-order valence-corrected chi connectivity index (χ2v) is 9.20. The summed E-state index contributed by atoms with van der Waals surface area (Å²) >= 11 is 1.38. The summed E-state index contributed by atoms with van der Waals surface area (Å²) in [4.78, 5) is 32.3. The lowest BCUT2D eigenvalue weighted by Crippen LogP contribution is -2.43. The van der Waals surface area contributed by atoms with Crippen LogP contribution in [0.2, 0.25) is 0 Å². The third-order valence-electron chi connectivity index (χ3n) is 4.92. The number of hydrogen-bond acceptors (Lipinski definition) is 4. The molecular formula is C21H29N3O2S. The first-order valence-electron chi connectivity index (χ1n) is 9.75. The fourth-order valence-electron chi connectivity index (χ4n) is 3.87. The molecule has 1 aromatic heterocycles. The summed E-state index contributed by atoms with van der Waals surface area (Å²) in [7, 11) is 0. The molecule has 27 heavy (non-hydrogen) atoms. The first-order valence-corrected chi connectivity index (χ1v) is 10.7. The first kappa shape index (κ1) is 19.9. The van der Waals surface area contributed by atoms with Crippen molar-refractivity contribution in [2.24, 2.45) is 17.8 Å². The minimum Gasteiger partial charge on any atom is -0.341 e. The second kappa shape index (κ2) is 8.46. The van der Waals surface area contributed by atoms with Crippen LogP contribution >= 0.6 is 11.8 Å². The van der Waals surface area contributed by atoms with E-state index in [1.54, 1.807) is 4.57 Å². The number of aromatic nitrogens is 2. The van der Waals surface area contributed by atoms with Crippen LogP contribution in [0, 0.1) is 17.8 Å². The molecule has 0 spiro atoms. The number of nitrogens with zero attached hydrogens (tertiary/aromatic N) is 3. The van der Waals surface area contributed by atoms with E-state index >= 15 is 0 Å². The summed E-state index contributed by atoms with van der Waals surface area (Å²) in [5, 5.41) is 1.27. The van der Waals surface area contributed by atoms with Crippen LogP contribution in [0.15, 0.2) is 34.2 Å². The highest BCUT2D eigenvalue weighted by molar-refractivity contribution is 7.99. The molecule has 0 unspecified atom stereocenters. The third kappa shape index (κ3) is 4.72. The van der Waals surface area contributed by atoms with Crippen molar-refractivity contribution in [1.29, 1.82) is 0 Å². The van der Waals surface area contributed by atoms with E-state index in [1.807, 2.05) is 29.2 Å². The molecule has 5 nitrogen and oxygen atoms in total. The number of benzene rings is 1. The number of amides is 1. The van der Waals surface area contributed by atoms with Gasteiger partial charge in [0.05, 0.1) is 16.7 Å². The third-order valence-corrected chi connectivity index (χ3v) is 5.88. The largest absolute Gasteiger partial charge is 0.341 e. The number of hydrogen-bond donors (Lipinski definition) is 0. The minimum absolute atomic E-state index is 0.0236. The molecule has 0 bridgehead atoms. The van der Waals surface area contributed by atoms with Gasteiger partial charge >= 0.3 is 0 Å². The molecule has 2 aromatic rings. The van der Waals surface area contributed by atoms with Crippen LogP contribution in [0.4, 0.5) is 0 Å². The molecular weight excluding hydrogens is 358 g/mol. The number of carbonyl (C=O) groups excluding carboxylic acids is 1. The highest BCUT2D eigenvalue weighted by atomic mass is 32.2.